The molecule has 0 aromatic heterocycles. The molecule has 0 fully saturated rings. The SMILES string of the molecule is CCCCOc1ccc(NC(=O)[C@](C)(CC(C)C)OC)cc1. The first kappa shape index (κ1) is 18.5. The van der Waals surface area contributed by atoms with Crippen molar-refractivity contribution in [2.24, 2.45) is 5.92 Å². The topological polar surface area (TPSA) is 47.6 Å². The van der Waals surface area contributed by atoms with E-state index >= 15 is 0 Å². The molecule has 1 amide bonds. The smallest absolute Gasteiger partial charge is 0.256 e. The summed E-state index contributed by atoms with van der Waals surface area (Å²) < 4.78 is 11.0. The Morgan fingerprint density at radius 3 is 2.41 bits per heavy atom. The zero-order valence-corrected chi connectivity index (χ0v) is 14.4. The molecule has 1 aromatic rings. The quantitative estimate of drug-likeness (QED) is 0.694. The minimum absolute atomic E-state index is 0.122. The molecule has 1 N–H and O–H groups in total. The highest BCUT2D eigenvalue weighted by molar-refractivity contribution is 5.97. The Bertz CT molecular complexity index is 456. The van der Waals surface area contributed by atoms with E-state index in [1.54, 1.807) is 7.11 Å². The fraction of sp³-hybridized carbons (Fsp3) is 0.611. The Kier molecular flexibility index (Phi) is 7.39. The second kappa shape index (κ2) is 8.79. The van der Waals surface area contributed by atoms with Gasteiger partial charge in [0.1, 0.15) is 11.4 Å². The lowest BCUT2D eigenvalue weighted by Gasteiger charge is -2.28. The van der Waals surface area contributed by atoms with Crippen LogP contribution in [0, 0.1) is 5.92 Å². The lowest BCUT2D eigenvalue weighted by atomic mass is 9.93. The maximum absolute atomic E-state index is 12.4. The average Bonchev–Trinajstić information content (AvgIpc) is 2.48. The second-order valence-electron chi connectivity index (χ2n) is 6.21. The fourth-order valence-electron chi connectivity index (χ4n) is 2.28. The Morgan fingerprint density at radius 1 is 1.27 bits per heavy atom. The number of amides is 1. The van der Waals surface area contributed by atoms with Crippen molar-refractivity contribution >= 4 is 11.6 Å². The number of hydrogen-bond acceptors (Lipinski definition) is 3. The van der Waals surface area contributed by atoms with Gasteiger partial charge in [-0.05, 0) is 49.9 Å². The molecular weight excluding hydrogens is 278 g/mol. The lowest BCUT2D eigenvalue weighted by Crippen LogP contribution is -2.43. The van der Waals surface area contributed by atoms with Crippen LogP contribution in [0.2, 0.25) is 0 Å². The molecule has 0 spiro atoms. The standard InChI is InChI=1S/C18H29NO3/c1-6-7-12-22-16-10-8-15(9-11-16)19-17(20)18(4,21-5)13-14(2)3/h8-11,14H,6-7,12-13H2,1-5H3,(H,19,20)/t18-/m0/s1. The molecule has 0 bridgehead atoms. The molecule has 1 atom stereocenters. The number of ether oxygens (including phenoxy) is 2. The summed E-state index contributed by atoms with van der Waals surface area (Å²) >= 11 is 0. The number of benzene rings is 1. The highest BCUT2D eigenvalue weighted by atomic mass is 16.5. The number of carbonyl (C=O) groups excluding carboxylic acids is 1. The second-order valence-corrected chi connectivity index (χ2v) is 6.21. The van der Waals surface area contributed by atoms with E-state index in [0.717, 1.165) is 30.9 Å². The van der Waals surface area contributed by atoms with E-state index in [0.29, 0.717) is 12.3 Å². The molecule has 0 unspecified atom stereocenters. The molecule has 0 aliphatic carbocycles. The van der Waals surface area contributed by atoms with E-state index in [4.69, 9.17) is 9.47 Å². The molecular formula is C18H29NO3. The molecule has 0 heterocycles. The average molecular weight is 307 g/mol. The summed E-state index contributed by atoms with van der Waals surface area (Å²) in [5, 5.41) is 2.91. The van der Waals surface area contributed by atoms with E-state index in [1.165, 1.54) is 0 Å². The first-order valence-corrected chi connectivity index (χ1v) is 8.00. The Hall–Kier alpha value is -1.55. The number of hydrogen-bond donors (Lipinski definition) is 1. The van der Waals surface area contributed by atoms with Gasteiger partial charge in [-0.3, -0.25) is 4.79 Å². The molecule has 0 saturated heterocycles. The van der Waals surface area contributed by atoms with Crippen LogP contribution < -0.4 is 10.1 Å². The normalized spacial score (nSPS) is 13.7. The van der Waals surface area contributed by atoms with Crippen LogP contribution in [0.5, 0.6) is 5.75 Å². The maximum atomic E-state index is 12.4. The lowest BCUT2D eigenvalue weighted by molar-refractivity contribution is -0.137. The van der Waals surface area contributed by atoms with Gasteiger partial charge in [-0.1, -0.05) is 27.2 Å². The van der Waals surface area contributed by atoms with Gasteiger partial charge in [0.2, 0.25) is 0 Å². The summed E-state index contributed by atoms with van der Waals surface area (Å²) in [6.45, 7) is 8.83. The van der Waals surface area contributed by atoms with Crippen LogP contribution in [0.1, 0.15) is 47.0 Å². The van der Waals surface area contributed by atoms with Crippen LogP contribution in [0.15, 0.2) is 24.3 Å². The van der Waals surface area contributed by atoms with Crippen LogP contribution in [-0.2, 0) is 9.53 Å². The number of rotatable bonds is 9. The van der Waals surface area contributed by atoms with Crippen molar-refractivity contribution in [1.29, 1.82) is 0 Å². The van der Waals surface area contributed by atoms with Crippen molar-refractivity contribution in [2.45, 2.75) is 52.6 Å². The summed E-state index contributed by atoms with van der Waals surface area (Å²) in [7, 11) is 1.58. The molecule has 4 nitrogen and oxygen atoms in total. The molecule has 1 aromatic carbocycles. The summed E-state index contributed by atoms with van der Waals surface area (Å²) in [5.74, 6) is 1.08. The van der Waals surface area contributed by atoms with E-state index in [2.05, 4.69) is 26.1 Å². The van der Waals surface area contributed by atoms with Gasteiger partial charge in [0.25, 0.3) is 5.91 Å². The number of methoxy groups -OCH3 is 1. The number of nitrogens with one attached hydrogen (secondary N) is 1. The van der Waals surface area contributed by atoms with Crippen molar-refractivity contribution in [3.8, 4) is 5.75 Å². The summed E-state index contributed by atoms with van der Waals surface area (Å²) in [4.78, 5) is 12.4. The third kappa shape index (κ3) is 5.68. The zero-order chi connectivity index (χ0) is 16.6. The van der Waals surface area contributed by atoms with Crippen molar-refractivity contribution in [3.63, 3.8) is 0 Å². The van der Waals surface area contributed by atoms with Gasteiger partial charge in [0, 0.05) is 12.8 Å². The molecule has 0 saturated carbocycles. The van der Waals surface area contributed by atoms with Gasteiger partial charge >= 0.3 is 0 Å². The number of unbranched alkanes of at least 4 members (excludes halogenated alkanes) is 1. The minimum atomic E-state index is -0.815. The minimum Gasteiger partial charge on any atom is -0.494 e. The van der Waals surface area contributed by atoms with Crippen LogP contribution in [0.4, 0.5) is 5.69 Å². The number of carbonyl (C=O) groups is 1. The van der Waals surface area contributed by atoms with Crippen LogP contribution in [0.25, 0.3) is 0 Å². The van der Waals surface area contributed by atoms with Gasteiger partial charge in [-0.2, -0.15) is 0 Å². The molecule has 1 rings (SSSR count). The van der Waals surface area contributed by atoms with Crippen LogP contribution in [-0.4, -0.2) is 25.2 Å². The van der Waals surface area contributed by atoms with Gasteiger partial charge in [0.15, 0.2) is 0 Å². The number of anilines is 1. The third-order valence-electron chi connectivity index (χ3n) is 3.61. The van der Waals surface area contributed by atoms with Gasteiger partial charge in [-0.15, -0.1) is 0 Å². The van der Waals surface area contributed by atoms with E-state index in [1.807, 2.05) is 31.2 Å². The van der Waals surface area contributed by atoms with Crippen LogP contribution in [0.3, 0.4) is 0 Å². The van der Waals surface area contributed by atoms with E-state index in [-0.39, 0.29) is 5.91 Å². The Balaban J connectivity index is 2.63. The summed E-state index contributed by atoms with van der Waals surface area (Å²) in [6.07, 6.45) is 2.83. The molecule has 0 aliphatic rings. The van der Waals surface area contributed by atoms with Gasteiger partial charge in [0.05, 0.1) is 6.61 Å². The fourth-order valence-corrected chi connectivity index (χ4v) is 2.28. The molecule has 22 heavy (non-hydrogen) atoms. The third-order valence-corrected chi connectivity index (χ3v) is 3.61. The summed E-state index contributed by atoms with van der Waals surface area (Å²) in [6, 6.07) is 7.45. The van der Waals surface area contributed by atoms with Crippen LogP contribution >= 0.6 is 0 Å². The van der Waals surface area contributed by atoms with Crippen molar-refractivity contribution in [3.05, 3.63) is 24.3 Å². The van der Waals surface area contributed by atoms with Gasteiger partial charge < -0.3 is 14.8 Å². The van der Waals surface area contributed by atoms with Gasteiger partial charge in [-0.25, -0.2) is 0 Å². The maximum Gasteiger partial charge on any atom is 0.256 e. The molecule has 0 aliphatic heterocycles. The molecule has 4 heteroatoms. The summed E-state index contributed by atoms with van der Waals surface area (Å²) in [5.41, 5.74) is -0.0651. The van der Waals surface area contributed by atoms with Crippen molar-refractivity contribution < 1.29 is 14.3 Å². The first-order valence-electron chi connectivity index (χ1n) is 8.00. The van der Waals surface area contributed by atoms with Crippen molar-refractivity contribution in [1.82, 2.24) is 0 Å². The molecule has 124 valence electrons. The highest BCUT2D eigenvalue weighted by Gasteiger charge is 2.33. The zero-order valence-electron chi connectivity index (χ0n) is 14.4. The predicted molar refractivity (Wildman–Crippen MR) is 90.3 cm³/mol. The van der Waals surface area contributed by atoms with E-state index in [9.17, 15) is 4.79 Å². The predicted octanol–water partition coefficient (Wildman–Crippen LogP) is 4.26. The Morgan fingerprint density at radius 2 is 1.91 bits per heavy atom. The van der Waals surface area contributed by atoms with Crippen molar-refractivity contribution in [2.75, 3.05) is 19.0 Å². The first-order chi connectivity index (χ1) is 10.4. The highest BCUT2D eigenvalue weighted by Crippen LogP contribution is 2.23. The monoisotopic (exact) mass is 307 g/mol. The largest absolute Gasteiger partial charge is 0.494 e. The molecule has 0 radical (unpaired) electrons. The van der Waals surface area contributed by atoms with E-state index < -0.39 is 5.60 Å². The Labute approximate surface area is 134 Å².